The fourth-order valence-corrected chi connectivity index (χ4v) is 1.07. The van der Waals surface area contributed by atoms with Gasteiger partial charge in [-0.05, 0) is 0 Å². The summed E-state index contributed by atoms with van der Waals surface area (Å²) < 4.78 is 10.6. The van der Waals surface area contributed by atoms with E-state index >= 15 is 0 Å². The highest BCUT2D eigenvalue weighted by molar-refractivity contribution is 5.76. The molecule has 4 heteroatoms. The van der Waals surface area contributed by atoms with Gasteiger partial charge in [-0.25, -0.2) is 0 Å². The van der Waals surface area contributed by atoms with Crippen LogP contribution in [0.2, 0.25) is 0 Å². The summed E-state index contributed by atoms with van der Waals surface area (Å²) in [6.07, 6.45) is -0.180. The van der Waals surface area contributed by atoms with Crippen molar-refractivity contribution in [3.8, 4) is 0 Å². The van der Waals surface area contributed by atoms with E-state index in [0.29, 0.717) is 19.1 Å². The quantitative estimate of drug-likeness (QED) is 0.645. The topological polar surface area (TPSA) is 61.5 Å². The molecule has 1 saturated heterocycles. The van der Waals surface area contributed by atoms with Gasteiger partial charge in [-0.3, -0.25) is 4.79 Å². The monoisotopic (exact) mass is 173 g/mol. The molecule has 0 unspecified atom stereocenters. The van der Waals surface area contributed by atoms with Crippen LogP contribution in [0.4, 0.5) is 0 Å². The fourth-order valence-electron chi connectivity index (χ4n) is 1.07. The molecule has 1 aliphatic heterocycles. The van der Waals surface area contributed by atoms with Crippen molar-refractivity contribution < 1.29 is 14.3 Å². The molecular weight excluding hydrogens is 158 g/mol. The predicted octanol–water partition coefficient (Wildman–Crippen LogP) is 0.117. The Bertz CT molecular complexity index is 162. The molecule has 1 heterocycles. The first kappa shape index (κ1) is 9.48. The zero-order chi connectivity index (χ0) is 9.14. The molecule has 0 aromatic rings. The maximum absolute atomic E-state index is 10.7. The standard InChI is InChI=1S/C8H15NO3/c1-5(2)8-11-3-6(4-12-8)7(9)10/h5-6,8H,3-4H2,1-2H3,(H2,9,10). The van der Waals surface area contributed by atoms with Gasteiger partial charge in [-0.1, -0.05) is 13.8 Å². The van der Waals surface area contributed by atoms with Crippen molar-refractivity contribution in [3.05, 3.63) is 0 Å². The molecule has 0 aromatic carbocycles. The molecule has 0 saturated carbocycles. The lowest BCUT2D eigenvalue weighted by Crippen LogP contribution is -2.41. The Morgan fingerprint density at radius 1 is 1.42 bits per heavy atom. The Labute approximate surface area is 72.0 Å². The lowest BCUT2D eigenvalue weighted by Gasteiger charge is -2.29. The summed E-state index contributed by atoms with van der Waals surface area (Å²) in [7, 11) is 0. The first-order valence-corrected chi connectivity index (χ1v) is 4.13. The Morgan fingerprint density at radius 3 is 2.25 bits per heavy atom. The van der Waals surface area contributed by atoms with E-state index < -0.39 is 0 Å². The zero-order valence-corrected chi connectivity index (χ0v) is 7.45. The van der Waals surface area contributed by atoms with Crippen LogP contribution >= 0.6 is 0 Å². The Morgan fingerprint density at radius 2 is 1.92 bits per heavy atom. The van der Waals surface area contributed by atoms with E-state index in [2.05, 4.69) is 0 Å². The molecule has 0 aromatic heterocycles. The van der Waals surface area contributed by atoms with Gasteiger partial charge >= 0.3 is 0 Å². The molecule has 70 valence electrons. The molecule has 0 bridgehead atoms. The predicted molar refractivity (Wildman–Crippen MR) is 43.2 cm³/mol. The Balaban J connectivity index is 2.34. The van der Waals surface area contributed by atoms with Crippen LogP contribution in [0.3, 0.4) is 0 Å². The maximum Gasteiger partial charge on any atom is 0.225 e. The van der Waals surface area contributed by atoms with Gasteiger partial charge in [0.2, 0.25) is 5.91 Å². The van der Waals surface area contributed by atoms with E-state index in [0.717, 1.165) is 0 Å². The third-order valence-corrected chi connectivity index (χ3v) is 1.87. The molecule has 0 radical (unpaired) electrons. The summed E-state index contributed by atoms with van der Waals surface area (Å²) in [5.74, 6) is -0.309. The first-order valence-electron chi connectivity index (χ1n) is 4.13. The molecule has 1 aliphatic rings. The highest BCUT2D eigenvalue weighted by Crippen LogP contribution is 2.16. The van der Waals surface area contributed by atoms with Crippen LogP contribution in [0.15, 0.2) is 0 Å². The largest absolute Gasteiger partial charge is 0.369 e. The van der Waals surface area contributed by atoms with Crippen LogP contribution in [-0.2, 0) is 14.3 Å². The maximum atomic E-state index is 10.7. The SMILES string of the molecule is CC(C)C1OCC(C(N)=O)CO1. The second-order valence-corrected chi connectivity index (χ2v) is 3.38. The first-order chi connectivity index (χ1) is 5.61. The van der Waals surface area contributed by atoms with Crippen molar-refractivity contribution in [3.63, 3.8) is 0 Å². The molecule has 12 heavy (non-hydrogen) atoms. The number of nitrogens with two attached hydrogens (primary N) is 1. The van der Waals surface area contributed by atoms with Gasteiger partial charge in [0.25, 0.3) is 0 Å². The molecule has 0 atom stereocenters. The lowest BCUT2D eigenvalue weighted by molar-refractivity contribution is -0.217. The summed E-state index contributed by atoms with van der Waals surface area (Å²) >= 11 is 0. The Hall–Kier alpha value is -0.610. The third kappa shape index (κ3) is 2.19. The van der Waals surface area contributed by atoms with Crippen molar-refractivity contribution in [2.24, 2.45) is 17.6 Å². The van der Waals surface area contributed by atoms with Crippen LogP contribution in [0.25, 0.3) is 0 Å². The molecular formula is C8H15NO3. The van der Waals surface area contributed by atoms with Crippen LogP contribution in [-0.4, -0.2) is 25.4 Å². The van der Waals surface area contributed by atoms with Gasteiger partial charge in [0.1, 0.15) is 0 Å². The minimum Gasteiger partial charge on any atom is -0.369 e. The molecule has 4 nitrogen and oxygen atoms in total. The number of carbonyl (C=O) groups is 1. The number of hydrogen-bond donors (Lipinski definition) is 1. The summed E-state index contributed by atoms with van der Waals surface area (Å²) in [4.78, 5) is 10.7. The number of ether oxygens (including phenoxy) is 2. The average molecular weight is 173 g/mol. The van der Waals surface area contributed by atoms with Gasteiger partial charge < -0.3 is 15.2 Å². The van der Waals surface area contributed by atoms with Gasteiger partial charge in [0.15, 0.2) is 6.29 Å². The van der Waals surface area contributed by atoms with Crippen LogP contribution in [0, 0.1) is 11.8 Å². The molecule has 2 N–H and O–H groups in total. The zero-order valence-electron chi connectivity index (χ0n) is 7.45. The molecule has 0 aliphatic carbocycles. The van der Waals surface area contributed by atoms with Crippen LogP contribution in [0.5, 0.6) is 0 Å². The highest BCUT2D eigenvalue weighted by Gasteiger charge is 2.27. The highest BCUT2D eigenvalue weighted by atomic mass is 16.7. The fraction of sp³-hybridized carbons (Fsp3) is 0.875. The van der Waals surface area contributed by atoms with E-state index in [1.165, 1.54) is 0 Å². The minimum atomic E-state index is -0.350. The number of primary amides is 1. The molecule has 0 spiro atoms. The third-order valence-electron chi connectivity index (χ3n) is 1.87. The van der Waals surface area contributed by atoms with Gasteiger partial charge in [0.05, 0.1) is 19.1 Å². The van der Waals surface area contributed by atoms with Crippen molar-refractivity contribution in [1.82, 2.24) is 0 Å². The number of carbonyl (C=O) groups excluding carboxylic acids is 1. The van der Waals surface area contributed by atoms with Gasteiger partial charge in [-0.15, -0.1) is 0 Å². The number of amides is 1. The van der Waals surface area contributed by atoms with Gasteiger partial charge in [-0.2, -0.15) is 0 Å². The molecule has 1 rings (SSSR count). The van der Waals surface area contributed by atoms with Crippen molar-refractivity contribution in [2.45, 2.75) is 20.1 Å². The second-order valence-electron chi connectivity index (χ2n) is 3.38. The lowest BCUT2D eigenvalue weighted by atomic mass is 10.1. The van der Waals surface area contributed by atoms with Gasteiger partial charge in [0, 0.05) is 5.92 Å². The van der Waals surface area contributed by atoms with E-state index in [-0.39, 0.29) is 18.1 Å². The van der Waals surface area contributed by atoms with Crippen molar-refractivity contribution >= 4 is 5.91 Å². The van der Waals surface area contributed by atoms with Crippen molar-refractivity contribution in [1.29, 1.82) is 0 Å². The Kier molecular flexibility index (Phi) is 3.05. The smallest absolute Gasteiger partial charge is 0.225 e. The second kappa shape index (κ2) is 3.87. The summed E-state index contributed by atoms with van der Waals surface area (Å²) in [5.41, 5.74) is 5.09. The van der Waals surface area contributed by atoms with E-state index in [1.54, 1.807) is 0 Å². The van der Waals surface area contributed by atoms with Crippen LogP contribution in [0.1, 0.15) is 13.8 Å². The molecule has 1 amide bonds. The number of rotatable bonds is 2. The summed E-state index contributed by atoms with van der Waals surface area (Å²) in [6, 6.07) is 0. The minimum absolute atomic E-state index is 0.180. The van der Waals surface area contributed by atoms with E-state index in [1.807, 2.05) is 13.8 Å². The summed E-state index contributed by atoms with van der Waals surface area (Å²) in [5, 5.41) is 0. The molecule has 1 fully saturated rings. The van der Waals surface area contributed by atoms with E-state index in [9.17, 15) is 4.79 Å². The van der Waals surface area contributed by atoms with Crippen LogP contribution < -0.4 is 5.73 Å². The summed E-state index contributed by atoms with van der Waals surface area (Å²) in [6.45, 7) is 4.79. The number of hydrogen-bond acceptors (Lipinski definition) is 3. The van der Waals surface area contributed by atoms with Crippen molar-refractivity contribution in [2.75, 3.05) is 13.2 Å². The average Bonchev–Trinajstić information content (AvgIpc) is 2.04. The normalized spacial score (nSPS) is 30.6. The van der Waals surface area contributed by atoms with E-state index in [4.69, 9.17) is 15.2 Å².